The third-order valence-corrected chi connectivity index (χ3v) is 9.05. The summed E-state index contributed by atoms with van der Waals surface area (Å²) in [6, 6.07) is 9.73. The van der Waals surface area contributed by atoms with Gasteiger partial charge in [-0.1, -0.05) is 30.3 Å². The number of halogens is 6. The molecule has 2 saturated heterocycles. The molecular weight excluding hydrogens is 660 g/mol. The predicted octanol–water partition coefficient (Wildman–Crippen LogP) is 4.80. The highest BCUT2D eigenvalue weighted by atomic mass is 19.4. The van der Waals surface area contributed by atoms with Crippen molar-refractivity contribution in [1.29, 1.82) is 0 Å². The molecule has 1 atom stereocenters. The molecule has 0 aliphatic carbocycles. The zero-order valence-corrected chi connectivity index (χ0v) is 26.9. The Hall–Kier alpha value is -4.54. The first kappa shape index (κ1) is 35.8. The minimum atomic E-state index is -5.22. The van der Waals surface area contributed by atoms with E-state index in [0.717, 1.165) is 0 Å². The van der Waals surface area contributed by atoms with Gasteiger partial charge in [0.1, 0.15) is 0 Å². The van der Waals surface area contributed by atoms with E-state index in [-0.39, 0.29) is 38.3 Å². The molecule has 0 radical (unpaired) electrons. The van der Waals surface area contributed by atoms with Crippen molar-refractivity contribution in [2.45, 2.75) is 62.6 Å². The van der Waals surface area contributed by atoms with Crippen LogP contribution in [0.2, 0.25) is 0 Å². The topological polar surface area (TPSA) is 130 Å². The van der Waals surface area contributed by atoms with E-state index in [1.54, 1.807) is 24.3 Å². The molecule has 3 N–H and O–H groups in total. The second-order valence-corrected chi connectivity index (χ2v) is 12.5. The van der Waals surface area contributed by atoms with Gasteiger partial charge in [0.25, 0.3) is 5.91 Å². The summed E-state index contributed by atoms with van der Waals surface area (Å²) in [5.74, 6) is -0.343. The van der Waals surface area contributed by atoms with Crippen LogP contribution in [0.25, 0.3) is 11.4 Å². The molecule has 49 heavy (non-hydrogen) atoms. The van der Waals surface area contributed by atoms with Crippen LogP contribution in [0, 0.1) is 0 Å². The van der Waals surface area contributed by atoms with Gasteiger partial charge in [0.15, 0.2) is 11.9 Å². The summed E-state index contributed by atoms with van der Waals surface area (Å²) in [6.45, 7) is 0.704. The fraction of sp³-hybridized carbons (Fsp3) is 0.500. The van der Waals surface area contributed by atoms with Crippen LogP contribution in [0.3, 0.4) is 0 Å². The molecule has 5 rings (SSSR count). The molecule has 266 valence electrons. The number of nitrogens with two attached hydrogens (primary N) is 1. The Morgan fingerprint density at radius 1 is 0.939 bits per heavy atom. The van der Waals surface area contributed by atoms with Crippen LogP contribution in [0.5, 0.6) is 0 Å². The number of nitrogens with zero attached hydrogens (tertiary/aromatic N) is 5. The van der Waals surface area contributed by atoms with Gasteiger partial charge in [-0.2, -0.15) is 26.3 Å². The van der Waals surface area contributed by atoms with E-state index < -0.39 is 64.9 Å². The molecule has 17 heteroatoms. The fourth-order valence-corrected chi connectivity index (χ4v) is 6.30. The number of aromatic amines is 1. The van der Waals surface area contributed by atoms with E-state index in [9.17, 15) is 40.7 Å². The Labute approximate surface area is 277 Å². The number of piperidine rings is 2. The Balaban J connectivity index is 1.34. The molecule has 3 aromatic rings. The van der Waals surface area contributed by atoms with Crippen LogP contribution in [-0.4, -0.2) is 93.9 Å². The molecule has 2 aliphatic heterocycles. The first-order valence-corrected chi connectivity index (χ1v) is 15.7. The number of amides is 2. The summed E-state index contributed by atoms with van der Waals surface area (Å²) >= 11 is 0. The van der Waals surface area contributed by atoms with Gasteiger partial charge in [0.05, 0.1) is 22.9 Å². The molecule has 2 aliphatic rings. The molecular formula is C32H37F6N7O4. The number of anilines is 1. The lowest BCUT2D eigenvalue weighted by atomic mass is 9.97. The number of likely N-dealkylation sites (tertiary alicyclic amines) is 2. The minimum absolute atomic E-state index is 0.0942. The van der Waals surface area contributed by atoms with Crippen molar-refractivity contribution in [3.8, 4) is 11.4 Å². The highest BCUT2D eigenvalue weighted by Crippen LogP contribution is 2.42. The van der Waals surface area contributed by atoms with Crippen LogP contribution < -0.4 is 11.4 Å². The molecule has 0 bridgehead atoms. The van der Waals surface area contributed by atoms with Crippen molar-refractivity contribution < 1.29 is 40.7 Å². The zero-order valence-electron chi connectivity index (χ0n) is 26.9. The first-order chi connectivity index (χ1) is 23.0. The number of rotatable bonds is 7. The summed E-state index contributed by atoms with van der Waals surface area (Å²) < 4.78 is 89.5. The number of alkyl halides is 6. The van der Waals surface area contributed by atoms with Crippen molar-refractivity contribution in [1.82, 2.24) is 29.5 Å². The van der Waals surface area contributed by atoms with Gasteiger partial charge >= 0.3 is 24.1 Å². The summed E-state index contributed by atoms with van der Waals surface area (Å²) in [4.78, 5) is 47.2. The third-order valence-electron chi connectivity index (χ3n) is 9.05. The Morgan fingerprint density at radius 2 is 1.49 bits per heavy atom. The number of carbonyl (C=O) groups is 2. The smallest absolute Gasteiger partial charge is 0.418 e. The molecule has 11 nitrogen and oxygen atoms in total. The van der Waals surface area contributed by atoms with E-state index in [4.69, 9.17) is 10.5 Å². The quantitative estimate of drug-likeness (QED) is 0.268. The second kappa shape index (κ2) is 14.1. The van der Waals surface area contributed by atoms with Gasteiger partial charge in [0, 0.05) is 44.2 Å². The van der Waals surface area contributed by atoms with Crippen LogP contribution in [0.1, 0.15) is 48.4 Å². The van der Waals surface area contributed by atoms with Gasteiger partial charge < -0.3 is 25.2 Å². The van der Waals surface area contributed by atoms with Gasteiger partial charge in [-0.3, -0.25) is 9.78 Å². The van der Waals surface area contributed by atoms with Gasteiger partial charge in [-0.15, -0.1) is 5.10 Å². The number of aromatic nitrogens is 3. The minimum Gasteiger partial charge on any atom is -0.436 e. The van der Waals surface area contributed by atoms with Crippen LogP contribution in [-0.2, 0) is 28.3 Å². The Kier molecular flexibility index (Phi) is 10.3. The number of nitrogens with one attached hydrogen (secondary N) is 1. The predicted molar refractivity (Wildman–Crippen MR) is 166 cm³/mol. The maximum Gasteiger partial charge on any atom is 0.418 e. The Morgan fingerprint density at radius 3 is 2.02 bits per heavy atom. The summed E-state index contributed by atoms with van der Waals surface area (Å²) in [6.07, 6.45) is -12.1. The van der Waals surface area contributed by atoms with E-state index >= 15 is 0 Å². The molecule has 0 saturated carbocycles. The second-order valence-electron chi connectivity index (χ2n) is 12.5. The molecule has 1 aromatic heterocycles. The number of carbonyl (C=O) groups excluding carboxylic acids is 2. The summed E-state index contributed by atoms with van der Waals surface area (Å²) in [5, 5.41) is 4.41. The van der Waals surface area contributed by atoms with Crippen molar-refractivity contribution in [3.05, 3.63) is 69.6 Å². The van der Waals surface area contributed by atoms with Crippen molar-refractivity contribution >= 4 is 17.7 Å². The lowest BCUT2D eigenvalue weighted by molar-refractivity contribution is -0.142. The summed E-state index contributed by atoms with van der Waals surface area (Å²) in [7, 11) is 3.77. The largest absolute Gasteiger partial charge is 0.436 e. The van der Waals surface area contributed by atoms with E-state index in [2.05, 4.69) is 10.1 Å². The number of H-pyrrole nitrogens is 1. The lowest BCUT2D eigenvalue weighted by Gasteiger charge is -2.37. The molecule has 2 fully saturated rings. The lowest BCUT2D eigenvalue weighted by Crippen LogP contribution is -2.50. The van der Waals surface area contributed by atoms with Crippen LogP contribution in [0.15, 0.2) is 47.3 Å². The highest BCUT2D eigenvalue weighted by Gasteiger charge is 2.42. The van der Waals surface area contributed by atoms with Crippen molar-refractivity contribution in [3.63, 3.8) is 0 Å². The number of nitrogen functional groups attached to an aromatic ring is 1. The molecule has 3 heterocycles. The normalized spacial score (nSPS) is 17.4. The third kappa shape index (κ3) is 8.20. The standard InChI is InChI=1S/C32H37F6N7O4/c1-42(2)21-8-12-43(13-9-21)28(46)25(18-19-16-23(31(33,34)35)26(39)24(17-19)32(36,37)38)49-30(48)44-14-10-22(11-15-44)45-29(47)40-27(41-45)20-6-4-3-5-7-20/h3-7,16-17,21-22,25H,8-15,18,39H2,1-2H3,(H,40,41,47)/t25-/m1/s1. The van der Waals surface area contributed by atoms with Crippen LogP contribution >= 0.6 is 0 Å². The zero-order chi connectivity index (χ0) is 35.7. The molecule has 2 amide bonds. The average Bonchev–Trinajstić information content (AvgIpc) is 3.45. The first-order valence-electron chi connectivity index (χ1n) is 15.7. The van der Waals surface area contributed by atoms with E-state index in [1.807, 2.05) is 25.1 Å². The molecule has 2 aromatic carbocycles. The van der Waals surface area contributed by atoms with Gasteiger partial charge in [-0.25, -0.2) is 14.3 Å². The van der Waals surface area contributed by atoms with Crippen molar-refractivity contribution in [2.75, 3.05) is 46.0 Å². The highest BCUT2D eigenvalue weighted by molar-refractivity contribution is 5.84. The van der Waals surface area contributed by atoms with E-state index in [1.165, 1.54) is 14.5 Å². The van der Waals surface area contributed by atoms with E-state index in [0.29, 0.717) is 49.2 Å². The maximum absolute atomic E-state index is 13.8. The number of hydrogen-bond donors (Lipinski definition) is 2. The monoisotopic (exact) mass is 697 g/mol. The Bertz CT molecular complexity index is 1660. The average molecular weight is 698 g/mol. The number of benzene rings is 2. The molecule has 0 unspecified atom stereocenters. The van der Waals surface area contributed by atoms with Crippen LogP contribution in [0.4, 0.5) is 36.8 Å². The summed E-state index contributed by atoms with van der Waals surface area (Å²) in [5.41, 5.74) is 0.186. The SMILES string of the molecule is CN(C)C1CCN(C(=O)[C@@H](Cc2cc(C(F)(F)F)c(N)c(C(F)(F)F)c2)OC(=O)N2CCC(n3nc(-c4ccccc4)[nH]c3=O)CC2)CC1. The number of ether oxygens (including phenoxy) is 1. The fourth-order valence-electron chi connectivity index (χ4n) is 6.30. The van der Waals surface area contributed by atoms with Crippen molar-refractivity contribution in [2.24, 2.45) is 0 Å². The van der Waals surface area contributed by atoms with Gasteiger partial charge in [-0.05, 0) is 57.5 Å². The molecule has 0 spiro atoms. The number of hydrogen-bond acceptors (Lipinski definition) is 7. The maximum atomic E-state index is 13.8. The van der Waals surface area contributed by atoms with Gasteiger partial charge in [0.2, 0.25) is 0 Å².